The maximum absolute atomic E-state index is 4.36. The average molecular weight is 493 g/mol. The van der Waals surface area contributed by atoms with Gasteiger partial charge in [0.15, 0.2) is 0 Å². The Morgan fingerprint density at radius 1 is 0.919 bits per heavy atom. The van der Waals surface area contributed by atoms with Crippen LogP contribution in [-0.2, 0) is 12.8 Å². The predicted octanol–water partition coefficient (Wildman–Crippen LogP) is 10.5. The lowest BCUT2D eigenvalue weighted by Crippen LogP contribution is -2.12. The summed E-state index contributed by atoms with van der Waals surface area (Å²) >= 11 is 0. The van der Waals surface area contributed by atoms with Crippen LogP contribution < -0.4 is 0 Å². The molecule has 0 N–H and O–H groups in total. The molecule has 5 rings (SSSR count). The van der Waals surface area contributed by atoms with Gasteiger partial charge in [-0.1, -0.05) is 99.5 Å². The molecule has 1 unspecified atom stereocenters. The van der Waals surface area contributed by atoms with E-state index in [9.17, 15) is 0 Å². The van der Waals surface area contributed by atoms with Crippen LogP contribution in [0.2, 0.25) is 0 Å². The summed E-state index contributed by atoms with van der Waals surface area (Å²) < 4.78 is 0. The maximum atomic E-state index is 4.36. The molecular weight excluding hydrogens is 444 g/mol. The van der Waals surface area contributed by atoms with Gasteiger partial charge < -0.3 is 0 Å². The Morgan fingerprint density at radius 2 is 1.65 bits per heavy atom. The monoisotopic (exact) mass is 492 g/mol. The number of benzene rings is 2. The van der Waals surface area contributed by atoms with Crippen molar-refractivity contribution in [1.29, 1.82) is 0 Å². The third-order valence-electron chi connectivity index (χ3n) is 9.62. The van der Waals surface area contributed by atoms with Crippen molar-refractivity contribution in [3.05, 3.63) is 88.0 Å². The zero-order valence-corrected chi connectivity index (χ0v) is 24.3. The van der Waals surface area contributed by atoms with E-state index in [-0.39, 0.29) is 0 Å². The van der Waals surface area contributed by atoms with Crippen LogP contribution in [0, 0.1) is 42.9 Å². The first-order chi connectivity index (χ1) is 17.5. The molecule has 0 bridgehead atoms. The fourth-order valence-corrected chi connectivity index (χ4v) is 7.89. The Hall–Kier alpha value is -2.34. The van der Waals surface area contributed by atoms with E-state index in [1.807, 2.05) is 0 Å². The summed E-state index contributed by atoms with van der Waals surface area (Å²) in [4.78, 5) is 0. The standard InChI is InChI=1S/C37H48/c1-23-14-27(5)34(21-31-18-29(16-26(31)4)22-37(6,7)8)36(15-23)32-11-9-10-30-17-28(20-35(30)32)19-33-24(2)12-13-25(33)3/h9-11,14-15,17,26,29,31,33H,2-3,12-13,16,18-22H2,1,4-8H3/t26-,29?,31-/m0/s1. The highest BCUT2D eigenvalue weighted by Crippen LogP contribution is 2.46. The third-order valence-corrected chi connectivity index (χ3v) is 9.62. The van der Waals surface area contributed by atoms with Gasteiger partial charge in [0.05, 0.1) is 0 Å². The summed E-state index contributed by atoms with van der Waals surface area (Å²) in [6.45, 7) is 23.1. The van der Waals surface area contributed by atoms with E-state index in [1.165, 1.54) is 70.2 Å². The van der Waals surface area contributed by atoms with Gasteiger partial charge in [-0.3, -0.25) is 0 Å². The van der Waals surface area contributed by atoms with Gasteiger partial charge in [-0.05, 0) is 122 Å². The molecule has 0 aliphatic heterocycles. The zero-order chi connectivity index (χ0) is 26.5. The molecule has 0 heterocycles. The lowest BCUT2D eigenvalue weighted by atomic mass is 9.82. The Labute approximate surface area is 227 Å². The lowest BCUT2D eigenvalue weighted by Gasteiger charge is -2.23. The molecule has 3 aliphatic rings. The van der Waals surface area contributed by atoms with E-state index >= 15 is 0 Å². The molecule has 0 nitrogen and oxygen atoms in total. The highest BCUT2D eigenvalue weighted by atomic mass is 14.4. The molecule has 0 amide bonds. The number of aryl methyl sites for hydroxylation is 2. The minimum absolute atomic E-state index is 0.427. The molecule has 0 heteroatoms. The lowest BCUT2D eigenvalue weighted by molar-refractivity contribution is 0.290. The highest BCUT2D eigenvalue weighted by molar-refractivity contribution is 5.80. The number of allylic oxidation sites excluding steroid dienone is 3. The van der Waals surface area contributed by atoms with E-state index in [0.29, 0.717) is 11.3 Å². The van der Waals surface area contributed by atoms with E-state index in [1.54, 1.807) is 11.1 Å². The van der Waals surface area contributed by atoms with Crippen LogP contribution in [0.15, 0.2) is 60.2 Å². The summed E-state index contributed by atoms with van der Waals surface area (Å²) in [5, 5.41) is 0. The molecule has 0 spiro atoms. The molecule has 2 fully saturated rings. The maximum Gasteiger partial charge on any atom is 0.00392 e. The van der Waals surface area contributed by atoms with Crippen molar-refractivity contribution < 1.29 is 0 Å². The van der Waals surface area contributed by atoms with Crippen LogP contribution in [0.3, 0.4) is 0 Å². The van der Waals surface area contributed by atoms with E-state index in [4.69, 9.17) is 0 Å². The predicted molar refractivity (Wildman–Crippen MR) is 162 cm³/mol. The topological polar surface area (TPSA) is 0 Å². The van der Waals surface area contributed by atoms with Gasteiger partial charge in [-0.15, -0.1) is 0 Å². The molecule has 2 aromatic rings. The first-order valence-electron chi connectivity index (χ1n) is 14.8. The van der Waals surface area contributed by atoms with Crippen LogP contribution in [0.4, 0.5) is 0 Å². The largest absolute Gasteiger partial charge is 0.0992 e. The Morgan fingerprint density at radius 3 is 2.35 bits per heavy atom. The fourth-order valence-electron chi connectivity index (χ4n) is 7.89. The summed E-state index contributed by atoms with van der Waals surface area (Å²) in [7, 11) is 0. The molecular formula is C37H48. The van der Waals surface area contributed by atoms with Crippen molar-refractivity contribution in [2.45, 2.75) is 92.9 Å². The number of hydrogen-bond donors (Lipinski definition) is 0. The van der Waals surface area contributed by atoms with Gasteiger partial charge in [0, 0.05) is 5.92 Å². The quantitative estimate of drug-likeness (QED) is 0.352. The molecule has 196 valence electrons. The molecule has 2 aromatic carbocycles. The summed E-state index contributed by atoms with van der Waals surface area (Å²) in [5.41, 5.74) is 15.1. The van der Waals surface area contributed by atoms with Gasteiger partial charge in [0.2, 0.25) is 0 Å². The third kappa shape index (κ3) is 5.59. The summed E-state index contributed by atoms with van der Waals surface area (Å²) in [6.07, 6.45) is 12.2. The number of rotatable bonds is 6. The average Bonchev–Trinajstić information content (AvgIpc) is 3.46. The Balaban J connectivity index is 1.42. The zero-order valence-electron chi connectivity index (χ0n) is 24.3. The number of hydrogen-bond acceptors (Lipinski definition) is 0. The van der Waals surface area contributed by atoms with E-state index in [2.05, 4.69) is 91.1 Å². The normalized spacial score (nSPS) is 24.2. The second kappa shape index (κ2) is 10.1. The van der Waals surface area contributed by atoms with Gasteiger partial charge >= 0.3 is 0 Å². The molecule has 0 radical (unpaired) electrons. The molecule has 0 aromatic heterocycles. The second-order valence-corrected chi connectivity index (χ2v) is 14.1. The van der Waals surface area contributed by atoms with Crippen molar-refractivity contribution >= 4 is 6.08 Å². The van der Waals surface area contributed by atoms with Crippen molar-refractivity contribution in [3.63, 3.8) is 0 Å². The van der Waals surface area contributed by atoms with E-state index in [0.717, 1.165) is 43.4 Å². The minimum atomic E-state index is 0.427. The smallest absolute Gasteiger partial charge is 0.00392 e. The first kappa shape index (κ1) is 26.3. The fraction of sp³-hybridized carbons (Fsp3) is 0.514. The van der Waals surface area contributed by atoms with Gasteiger partial charge in [-0.2, -0.15) is 0 Å². The Kier molecular flexibility index (Phi) is 7.16. The molecule has 2 saturated carbocycles. The van der Waals surface area contributed by atoms with Crippen molar-refractivity contribution in [1.82, 2.24) is 0 Å². The number of fused-ring (bicyclic) bond motifs is 1. The molecule has 3 aliphatic carbocycles. The van der Waals surface area contributed by atoms with Gasteiger partial charge in [0.1, 0.15) is 0 Å². The van der Waals surface area contributed by atoms with Crippen molar-refractivity contribution in [2.24, 2.45) is 29.1 Å². The van der Waals surface area contributed by atoms with Gasteiger partial charge in [0.25, 0.3) is 0 Å². The minimum Gasteiger partial charge on any atom is -0.0992 e. The summed E-state index contributed by atoms with van der Waals surface area (Å²) in [5.74, 6) is 2.95. The first-order valence-corrected chi connectivity index (χ1v) is 14.8. The van der Waals surface area contributed by atoms with Crippen LogP contribution in [0.5, 0.6) is 0 Å². The molecule has 37 heavy (non-hydrogen) atoms. The SMILES string of the molecule is C=C1CCC(=C)C1CC1=Cc2cccc(-c3cc(C)cc(C)c3C[C@@H]3CC(CC(C)(C)C)C[C@@H]3C)c2C1. The van der Waals surface area contributed by atoms with Crippen LogP contribution in [0.25, 0.3) is 17.2 Å². The molecule has 0 saturated heterocycles. The van der Waals surface area contributed by atoms with Gasteiger partial charge in [-0.25, -0.2) is 0 Å². The van der Waals surface area contributed by atoms with Crippen LogP contribution in [0.1, 0.15) is 94.0 Å². The Bertz CT molecular complexity index is 1230. The highest BCUT2D eigenvalue weighted by Gasteiger charge is 2.34. The van der Waals surface area contributed by atoms with Crippen LogP contribution in [-0.4, -0.2) is 0 Å². The summed E-state index contributed by atoms with van der Waals surface area (Å²) in [6, 6.07) is 11.9. The van der Waals surface area contributed by atoms with Crippen LogP contribution >= 0.6 is 0 Å². The van der Waals surface area contributed by atoms with Crippen molar-refractivity contribution in [3.8, 4) is 11.1 Å². The second-order valence-electron chi connectivity index (χ2n) is 14.1. The van der Waals surface area contributed by atoms with Crippen molar-refractivity contribution in [2.75, 3.05) is 0 Å². The molecule has 3 atom stereocenters. The van der Waals surface area contributed by atoms with E-state index < -0.39 is 0 Å².